The number of nitrogens with zero attached hydrogens (tertiary/aromatic N) is 5. The van der Waals surface area contributed by atoms with E-state index in [1.54, 1.807) is 24.7 Å². The maximum atomic E-state index is 6.52. The average Bonchev–Trinajstić information content (AvgIpc) is 3.05. The lowest BCUT2D eigenvalue weighted by atomic mass is 9.83. The van der Waals surface area contributed by atoms with Crippen LogP contribution < -0.4 is 26.8 Å². The van der Waals surface area contributed by atoms with Crippen molar-refractivity contribution < 1.29 is 4.74 Å². The Kier molecular flexibility index (Phi) is 4.99. The van der Waals surface area contributed by atoms with E-state index < -0.39 is 5.60 Å². The molecule has 0 aliphatic carbocycles. The molecule has 6 N–H and O–H groups in total. The molecule has 0 aromatic carbocycles. The van der Waals surface area contributed by atoms with Crippen LogP contribution in [0.3, 0.4) is 0 Å². The van der Waals surface area contributed by atoms with Crippen molar-refractivity contribution in [2.45, 2.75) is 34.4 Å². The number of ether oxygens (including phenoxy) is 1. The van der Waals surface area contributed by atoms with E-state index in [-0.39, 0.29) is 11.9 Å². The van der Waals surface area contributed by atoms with E-state index in [4.69, 9.17) is 33.5 Å². The molecule has 1 spiro atoms. The second kappa shape index (κ2) is 7.70. The highest BCUT2D eigenvalue weighted by molar-refractivity contribution is 7.99. The number of pyridine rings is 2. The van der Waals surface area contributed by atoms with Gasteiger partial charge in [0.1, 0.15) is 22.3 Å². The smallest absolute Gasteiger partial charge is 0.218 e. The summed E-state index contributed by atoms with van der Waals surface area (Å²) in [6.07, 6.45) is 6.56. The molecule has 5 heterocycles. The van der Waals surface area contributed by atoms with Gasteiger partial charge in [0.15, 0.2) is 5.82 Å². The topological polar surface area (TPSA) is 142 Å². The minimum atomic E-state index is -0.431. The highest BCUT2D eigenvalue weighted by Crippen LogP contribution is 2.46. The van der Waals surface area contributed by atoms with Crippen LogP contribution in [0.2, 0.25) is 5.02 Å². The summed E-state index contributed by atoms with van der Waals surface area (Å²) in [5.41, 5.74) is 19.0. The van der Waals surface area contributed by atoms with Gasteiger partial charge < -0.3 is 26.8 Å². The van der Waals surface area contributed by atoms with E-state index in [9.17, 15) is 0 Å². The second-order valence-electron chi connectivity index (χ2n) is 7.56. The number of halogens is 1. The lowest BCUT2D eigenvalue weighted by molar-refractivity contribution is 0.0397. The molecule has 11 heteroatoms. The van der Waals surface area contributed by atoms with Gasteiger partial charge in [-0.2, -0.15) is 0 Å². The summed E-state index contributed by atoms with van der Waals surface area (Å²) < 4.78 is 6.21. The molecule has 9 nitrogen and oxygen atoms in total. The van der Waals surface area contributed by atoms with Crippen molar-refractivity contribution in [3.8, 4) is 5.88 Å². The highest BCUT2D eigenvalue weighted by Gasteiger charge is 2.49. The summed E-state index contributed by atoms with van der Waals surface area (Å²) in [7, 11) is 0. The number of anilines is 3. The lowest BCUT2D eigenvalue weighted by Gasteiger charge is -2.41. The molecule has 2 aliphatic rings. The van der Waals surface area contributed by atoms with Crippen LogP contribution in [-0.4, -0.2) is 38.6 Å². The third-order valence-electron chi connectivity index (χ3n) is 5.77. The van der Waals surface area contributed by atoms with Gasteiger partial charge in [-0.25, -0.2) is 19.9 Å². The van der Waals surface area contributed by atoms with Crippen LogP contribution in [0.1, 0.15) is 24.4 Å². The predicted octanol–water partition coefficient (Wildman–Crippen LogP) is 2.67. The zero-order valence-electron chi connectivity index (χ0n) is 16.5. The van der Waals surface area contributed by atoms with Crippen LogP contribution in [0.25, 0.3) is 0 Å². The molecule has 2 aliphatic heterocycles. The fraction of sp³-hybridized carbons (Fsp3) is 0.300. The summed E-state index contributed by atoms with van der Waals surface area (Å²) in [5.74, 6) is 1.96. The Morgan fingerprint density at radius 2 is 1.90 bits per heavy atom. The third kappa shape index (κ3) is 3.50. The molecule has 1 atom stereocenters. The van der Waals surface area contributed by atoms with E-state index in [1.165, 1.54) is 11.8 Å². The number of hydrogen-bond acceptors (Lipinski definition) is 10. The van der Waals surface area contributed by atoms with E-state index in [0.29, 0.717) is 21.7 Å². The maximum absolute atomic E-state index is 6.52. The van der Waals surface area contributed by atoms with Gasteiger partial charge in [-0.15, -0.1) is 0 Å². The molecule has 1 fully saturated rings. The van der Waals surface area contributed by atoms with Crippen LogP contribution in [0.4, 0.5) is 17.5 Å². The second-order valence-corrected chi connectivity index (χ2v) is 8.97. The van der Waals surface area contributed by atoms with Gasteiger partial charge in [0, 0.05) is 48.8 Å². The maximum Gasteiger partial charge on any atom is 0.218 e. The molecule has 1 saturated heterocycles. The predicted molar refractivity (Wildman–Crippen MR) is 120 cm³/mol. The van der Waals surface area contributed by atoms with Crippen LogP contribution in [0.5, 0.6) is 5.88 Å². The molecule has 5 rings (SSSR count). The molecule has 0 saturated carbocycles. The summed E-state index contributed by atoms with van der Waals surface area (Å²) in [4.78, 5) is 20.2. The van der Waals surface area contributed by atoms with Gasteiger partial charge in [-0.1, -0.05) is 29.4 Å². The Labute approximate surface area is 188 Å². The van der Waals surface area contributed by atoms with E-state index in [1.807, 2.05) is 12.1 Å². The molecule has 31 heavy (non-hydrogen) atoms. The molecule has 0 radical (unpaired) electrons. The molecule has 3 aromatic rings. The highest BCUT2D eigenvalue weighted by atomic mass is 35.5. The van der Waals surface area contributed by atoms with Gasteiger partial charge in [-0.3, -0.25) is 0 Å². The number of hydrogen-bond donors (Lipinski definition) is 3. The number of fused-ring (bicyclic) bond motifs is 1. The van der Waals surface area contributed by atoms with Crippen molar-refractivity contribution in [2.24, 2.45) is 5.73 Å². The van der Waals surface area contributed by atoms with Gasteiger partial charge >= 0.3 is 0 Å². The van der Waals surface area contributed by atoms with Crippen molar-refractivity contribution >= 4 is 40.8 Å². The molecule has 0 unspecified atom stereocenters. The van der Waals surface area contributed by atoms with Crippen LogP contribution >= 0.6 is 23.4 Å². The van der Waals surface area contributed by atoms with E-state index in [2.05, 4.69) is 24.8 Å². The van der Waals surface area contributed by atoms with E-state index >= 15 is 0 Å². The summed E-state index contributed by atoms with van der Waals surface area (Å²) in [6, 6.07) is 5.45. The zero-order valence-corrected chi connectivity index (χ0v) is 18.1. The Morgan fingerprint density at radius 1 is 1.10 bits per heavy atom. The minimum absolute atomic E-state index is 0.189. The lowest BCUT2D eigenvalue weighted by Crippen LogP contribution is -2.51. The van der Waals surface area contributed by atoms with Gasteiger partial charge in [-0.05, 0) is 12.1 Å². The fourth-order valence-electron chi connectivity index (χ4n) is 4.03. The molecule has 0 amide bonds. The molecular formula is C20H21ClN8OS. The molecular weight excluding hydrogens is 436 g/mol. The van der Waals surface area contributed by atoms with Gasteiger partial charge in [0.2, 0.25) is 5.88 Å². The largest absolute Gasteiger partial charge is 0.469 e. The van der Waals surface area contributed by atoms with Crippen molar-refractivity contribution in [2.75, 3.05) is 29.5 Å². The first-order chi connectivity index (χ1) is 15.0. The van der Waals surface area contributed by atoms with Gasteiger partial charge in [0.05, 0.1) is 17.3 Å². The number of nitrogen functional groups attached to an aromatic ring is 2. The molecule has 160 valence electrons. The number of nitrogens with two attached hydrogens (primary N) is 3. The average molecular weight is 457 g/mol. The Morgan fingerprint density at radius 3 is 2.65 bits per heavy atom. The van der Waals surface area contributed by atoms with Gasteiger partial charge in [0.25, 0.3) is 0 Å². The quantitative estimate of drug-likeness (QED) is 0.538. The number of rotatable bonds is 3. The first kappa shape index (κ1) is 20.1. The van der Waals surface area contributed by atoms with Crippen molar-refractivity contribution in [1.29, 1.82) is 0 Å². The number of aromatic nitrogens is 4. The molecule has 0 bridgehead atoms. The first-order valence-electron chi connectivity index (χ1n) is 9.82. The Hall–Kier alpha value is -2.82. The fourth-order valence-corrected chi connectivity index (χ4v) is 5.04. The first-order valence-corrected chi connectivity index (χ1v) is 11.0. The van der Waals surface area contributed by atoms with Crippen molar-refractivity contribution in [3.63, 3.8) is 0 Å². The zero-order chi connectivity index (χ0) is 21.6. The number of piperidine rings is 1. The van der Waals surface area contributed by atoms with Crippen LogP contribution in [0.15, 0.2) is 46.7 Å². The molecule has 3 aromatic heterocycles. The summed E-state index contributed by atoms with van der Waals surface area (Å²) >= 11 is 7.53. The van der Waals surface area contributed by atoms with Crippen LogP contribution in [-0.2, 0) is 0 Å². The summed E-state index contributed by atoms with van der Waals surface area (Å²) in [6.45, 7) is 1.46. The standard InChI is InChI=1S/C20H21ClN8OS/c21-14-12(3-7-25-16(14)23)31-19-17(24)28-13(10-27-19)29-8-4-20(5-9-29)15(22)11-2-1-6-26-18(11)30-20/h1-3,6-7,10,15H,4-5,8-9,22H2,(H2,23,25)(H2,24,28)/t15-/m1/s1. The van der Waals surface area contributed by atoms with Crippen LogP contribution in [0, 0.1) is 0 Å². The van der Waals surface area contributed by atoms with Crippen molar-refractivity contribution in [1.82, 2.24) is 19.9 Å². The Balaban J connectivity index is 1.29. The third-order valence-corrected chi connectivity index (χ3v) is 7.35. The monoisotopic (exact) mass is 456 g/mol. The van der Waals surface area contributed by atoms with Crippen molar-refractivity contribution in [3.05, 3.63) is 47.4 Å². The van der Waals surface area contributed by atoms with E-state index in [0.717, 1.165) is 42.2 Å². The normalized spacial score (nSPS) is 19.3. The minimum Gasteiger partial charge on any atom is -0.469 e. The Bertz CT molecular complexity index is 1140. The SMILES string of the molecule is Nc1nc(N2CCC3(CC2)Oc2ncccc2[C@H]3N)cnc1Sc1ccnc(N)c1Cl. The summed E-state index contributed by atoms with van der Waals surface area (Å²) in [5, 5.41) is 0.940.